The molecule has 0 bridgehead atoms. The fraction of sp³-hybridized carbons (Fsp3) is 0.556. The van der Waals surface area contributed by atoms with Gasteiger partial charge >= 0.3 is 0 Å². The van der Waals surface area contributed by atoms with E-state index in [0.717, 1.165) is 5.92 Å². The van der Waals surface area contributed by atoms with E-state index in [-0.39, 0.29) is 26.2 Å². The maximum atomic E-state index is 2.34. The predicted octanol–water partition coefficient (Wildman–Crippen LogP) is 2.92. The molecule has 0 aliphatic heterocycles. The van der Waals surface area contributed by atoms with Crippen LogP contribution >= 0.6 is 0 Å². The van der Waals surface area contributed by atoms with Crippen LogP contribution in [-0.4, -0.2) is 0 Å². The standard InChI is InChI=1S/C9H14.Zr/c1-3-4-9-6-5-8(2)7-9;/h5-7,9H,3-4H2,1-2H3;. The Morgan fingerprint density at radius 2 is 2.20 bits per heavy atom. The quantitative estimate of drug-likeness (QED) is 0.662. The Hall–Kier alpha value is 0.363. The summed E-state index contributed by atoms with van der Waals surface area (Å²) in [6.45, 7) is 4.39. The Kier molecular flexibility index (Phi) is 5.26. The fourth-order valence-corrected chi connectivity index (χ4v) is 1.24. The number of allylic oxidation sites excluding steroid dienone is 4. The van der Waals surface area contributed by atoms with Crippen molar-refractivity contribution in [3.63, 3.8) is 0 Å². The molecule has 0 aromatic rings. The van der Waals surface area contributed by atoms with Crippen molar-refractivity contribution in [2.75, 3.05) is 0 Å². The van der Waals surface area contributed by atoms with Crippen molar-refractivity contribution in [3.05, 3.63) is 23.8 Å². The van der Waals surface area contributed by atoms with Crippen LogP contribution in [0.5, 0.6) is 0 Å². The van der Waals surface area contributed by atoms with Crippen LogP contribution < -0.4 is 0 Å². The van der Waals surface area contributed by atoms with Crippen molar-refractivity contribution in [2.24, 2.45) is 5.92 Å². The minimum Gasteiger partial charge on any atom is -0.0774 e. The van der Waals surface area contributed by atoms with Crippen molar-refractivity contribution in [1.29, 1.82) is 0 Å². The van der Waals surface area contributed by atoms with E-state index >= 15 is 0 Å². The first-order valence-electron chi connectivity index (χ1n) is 3.69. The maximum absolute atomic E-state index is 2.34. The van der Waals surface area contributed by atoms with Crippen LogP contribution in [-0.2, 0) is 26.2 Å². The Bertz CT molecular complexity index is 145. The predicted molar refractivity (Wildman–Crippen MR) is 41.3 cm³/mol. The van der Waals surface area contributed by atoms with E-state index in [1.165, 1.54) is 18.4 Å². The smallest absolute Gasteiger partial charge is 0 e. The summed E-state index contributed by atoms with van der Waals surface area (Å²) in [5.41, 5.74) is 1.42. The average molecular weight is 213 g/mol. The molecule has 1 aliphatic carbocycles. The third-order valence-electron chi connectivity index (χ3n) is 1.71. The fourth-order valence-electron chi connectivity index (χ4n) is 1.24. The van der Waals surface area contributed by atoms with Crippen LogP contribution in [0.2, 0.25) is 0 Å². The third-order valence-corrected chi connectivity index (χ3v) is 1.71. The SMILES string of the molecule is CCCC1C=CC(C)=C1.[Zr]. The summed E-state index contributed by atoms with van der Waals surface area (Å²) in [4.78, 5) is 0. The first kappa shape index (κ1) is 10.4. The zero-order valence-corrected chi connectivity index (χ0v) is 9.18. The zero-order chi connectivity index (χ0) is 6.69. The van der Waals surface area contributed by atoms with Gasteiger partial charge in [0.2, 0.25) is 0 Å². The van der Waals surface area contributed by atoms with Crippen LogP contribution in [0.4, 0.5) is 0 Å². The summed E-state index contributed by atoms with van der Waals surface area (Å²) in [5.74, 6) is 0.745. The van der Waals surface area contributed by atoms with E-state index in [1.54, 1.807) is 0 Å². The number of rotatable bonds is 2. The summed E-state index contributed by atoms with van der Waals surface area (Å²) in [6.07, 6.45) is 9.44. The van der Waals surface area contributed by atoms with E-state index < -0.39 is 0 Å². The molecule has 0 heterocycles. The molecule has 0 saturated carbocycles. The van der Waals surface area contributed by atoms with Crippen molar-refractivity contribution in [1.82, 2.24) is 0 Å². The van der Waals surface area contributed by atoms with Gasteiger partial charge < -0.3 is 0 Å². The molecular weight excluding hydrogens is 199 g/mol. The second kappa shape index (κ2) is 5.07. The van der Waals surface area contributed by atoms with Crippen LogP contribution in [0.15, 0.2) is 23.8 Å². The van der Waals surface area contributed by atoms with Crippen molar-refractivity contribution in [2.45, 2.75) is 26.7 Å². The number of hydrogen-bond acceptors (Lipinski definition) is 0. The van der Waals surface area contributed by atoms with Crippen LogP contribution in [0.3, 0.4) is 0 Å². The van der Waals surface area contributed by atoms with E-state index in [2.05, 4.69) is 32.1 Å². The van der Waals surface area contributed by atoms with Crippen LogP contribution in [0.1, 0.15) is 26.7 Å². The van der Waals surface area contributed by atoms with E-state index in [1.807, 2.05) is 0 Å². The summed E-state index contributed by atoms with van der Waals surface area (Å²) >= 11 is 0. The van der Waals surface area contributed by atoms with E-state index in [4.69, 9.17) is 0 Å². The molecule has 1 heteroatoms. The molecule has 0 saturated heterocycles. The molecule has 0 spiro atoms. The zero-order valence-electron chi connectivity index (χ0n) is 6.72. The topological polar surface area (TPSA) is 0 Å². The minimum atomic E-state index is 0. The molecule has 1 aliphatic rings. The van der Waals surface area contributed by atoms with Crippen molar-refractivity contribution < 1.29 is 26.2 Å². The summed E-state index contributed by atoms with van der Waals surface area (Å²) in [5, 5.41) is 0. The summed E-state index contributed by atoms with van der Waals surface area (Å²) in [6, 6.07) is 0. The molecule has 0 amide bonds. The average Bonchev–Trinajstić information content (AvgIpc) is 2.17. The summed E-state index contributed by atoms with van der Waals surface area (Å²) in [7, 11) is 0. The minimum absolute atomic E-state index is 0. The first-order valence-corrected chi connectivity index (χ1v) is 3.69. The molecule has 0 radical (unpaired) electrons. The molecule has 1 unspecified atom stereocenters. The second-order valence-corrected chi connectivity index (χ2v) is 2.72. The molecule has 0 aromatic carbocycles. The molecule has 0 fully saturated rings. The van der Waals surface area contributed by atoms with Crippen LogP contribution in [0.25, 0.3) is 0 Å². The molecule has 1 atom stereocenters. The molecule has 0 nitrogen and oxygen atoms in total. The van der Waals surface area contributed by atoms with Crippen molar-refractivity contribution in [3.8, 4) is 0 Å². The number of hydrogen-bond donors (Lipinski definition) is 0. The van der Waals surface area contributed by atoms with Gasteiger partial charge in [0.1, 0.15) is 0 Å². The Morgan fingerprint density at radius 1 is 1.50 bits per heavy atom. The van der Waals surface area contributed by atoms with Gasteiger partial charge in [0.25, 0.3) is 0 Å². The molecule has 1 rings (SSSR count). The second-order valence-electron chi connectivity index (χ2n) is 2.72. The molecule has 54 valence electrons. The molecule has 0 aromatic heterocycles. The largest absolute Gasteiger partial charge is 0.0774 e. The molecule has 0 N–H and O–H groups in total. The normalized spacial score (nSPS) is 22.2. The van der Waals surface area contributed by atoms with E-state index in [0.29, 0.717) is 0 Å². The monoisotopic (exact) mass is 212 g/mol. The first-order chi connectivity index (χ1) is 4.33. The Morgan fingerprint density at radius 3 is 2.60 bits per heavy atom. The van der Waals surface area contributed by atoms with Gasteiger partial charge in [0.15, 0.2) is 0 Å². The van der Waals surface area contributed by atoms with Gasteiger partial charge in [0, 0.05) is 26.2 Å². The summed E-state index contributed by atoms with van der Waals surface area (Å²) < 4.78 is 0. The van der Waals surface area contributed by atoms with Crippen molar-refractivity contribution >= 4 is 0 Å². The van der Waals surface area contributed by atoms with Gasteiger partial charge in [-0.15, -0.1) is 0 Å². The van der Waals surface area contributed by atoms with Gasteiger partial charge in [-0.05, 0) is 19.3 Å². The van der Waals surface area contributed by atoms with E-state index in [9.17, 15) is 0 Å². The van der Waals surface area contributed by atoms with Gasteiger partial charge in [0.05, 0.1) is 0 Å². The Balaban J connectivity index is 0.000000810. The van der Waals surface area contributed by atoms with Gasteiger partial charge in [-0.2, -0.15) is 0 Å². The van der Waals surface area contributed by atoms with Gasteiger partial charge in [-0.25, -0.2) is 0 Å². The van der Waals surface area contributed by atoms with Crippen LogP contribution in [0, 0.1) is 5.92 Å². The maximum Gasteiger partial charge on any atom is 0 e. The van der Waals surface area contributed by atoms with Gasteiger partial charge in [-0.1, -0.05) is 37.1 Å². The van der Waals surface area contributed by atoms with Gasteiger partial charge in [-0.3, -0.25) is 0 Å². The Labute approximate surface area is 82.5 Å². The molecular formula is C9H14Zr. The molecule has 10 heavy (non-hydrogen) atoms. The third kappa shape index (κ3) is 2.97.